The zero-order valence-corrected chi connectivity index (χ0v) is 26.9. The molecular weight excluding hydrogens is 617 g/mol. The third-order valence-corrected chi connectivity index (χ3v) is 9.79. The lowest BCUT2D eigenvalue weighted by molar-refractivity contribution is -0.140. The van der Waals surface area contributed by atoms with E-state index in [1.54, 1.807) is 67.6 Å². The van der Waals surface area contributed by atoms with Crippen LogP contribution >= 0.6 is 23.2 Å². The maximum Gasteiger partial charge on any atom is 0.264 e. The van der Waals surface area contributed by atoms with E-state index < -0.39 is 28.5 Å². The van der Waals surface area contributed by atoms with Crippen LogP contribution in [0.2, 0.25) is 10.0 Å². The molecule has 0 fully saturated rings. The summed E-state index contributed by atoms with van der Waals surface area (Å²) in [7, 11) is -4.22. The maximum atomic E-state index is 14.5. The molecule has 1 N–H and O–H groups in total. The number of hydrogen-bond donors (Lipinski definition) is 1. The van der Waals surface area contributed by atoms with E-state index in [1.807, 2.05) is 37.3 Å². The van der Waals surface area contributed by atoms with E-state index in [2.05, 4.69) is 5.32 Å². The lowest BCUT2D eigenvalue weighted by Crippen LogP contribution is -2.53. The van der Waals surface area contributed by atoms with E-state index in [1.165, 1.54) is 17.0 Å². The predicted octanol–water partition coefficient (Wildman–Crippen LogP) is 6.66. The molecule has 0 saturated carbocycles. The number of benzene rings is 4. The quantitative estimate of drug-likeness (QED) is 0.175. The highest BCUT2D eigenvalue weighted by Gasteiger charge is 2.35. The van der Waals surface area contributed by atoms with Crippen LogP contribution in [0.15, 0.2) is 108 Å². The molecular formula is C34H35Cl2N3O4S. The summed E-state index contributed by atoms with van der Waals surface area (Å²) >= 11 is 13.0. The molecule has 0 aliphatic heterocycles. The number of nitrogens with one attached hydrogen (secondary N) is 1. The Bertz CT molecular complexity index is 1690. The molecule has 7 nitrogen and oxygen atoms in total. The molecule has 0 aliphatic rings. The van der Waals surface area contributed by atoms with Gasteiger partial charge in [0.2, 0.25) is 11.8 Å². The summed E-state index contributed by atoms with van der Waals surface area (Å²) in [5, 5.41) is 3.72. The average Bonchev–Trinajstić information content (AvgIpc) is 3.03. The fourth-order valence-corrected chi connectivity index (χ4v) is 6.69. The molecule has 0 radical (unpaired) electrons. The lowest BCUT2D eigenvalue weighted by Gasteiger charge is -2.34. The molecule has 4 aromatic carbocycles. The number of nitrogens with zero attached hydrogens (tertiary/aromatic N) is 2. The van der Waals surface area contributed by atoms with Gasteiger partial charge in [0, 0.05) is 29.6 Å². The lowest BCUT2D eigenvalue weighted by atomic mass is 10.0. The van der Waals surface area contributed by atoms with Gasteiger partial charge in [0.15, 0.2) is 0 Å². The number of hydrogen-bond acceptors (Lipinski definition) is 4. The first-order valence-corrected chi connectivity index (χ1v) is 16.5. The first-order chi connectivity index (χ1) is 21.1. The van der Waals surface area contributed by atoms with Gasteiger partial charge in [-0.15, -0.1) is 0 Å². The Labute approximate surface area is 269 Å². The molecule has 0 spiro atoms. The van der Waals surface area contributed by atoms with Crippen molar-refractivity contribution in [3.8, 4) is 0 Å². The fraction of sp³-hybridized carbons (Fsp3) is 0.235. The van der Waals surface area contributed by atoms with Crippen LogP contribution in [0.5, 0.6) is 0 Å². The molecule has 0 heterocycles. The highest BCUT2D eigenvalue weighted by molar-refractivity contribution is 7.92. The van der Waals surface area contributed by atoms with Crippen LogP contribution in [0.3, 0.4) is 0 Å². The molecule has 0 aliphatic carbocycles. The van der Waals surface area contributed by atoms with E-state index in [0.29, 0.717) is 34.1 Å². The van der Waals surface area contributed by atoms with Crippen molar-refractivity contribution in [3.05, 3.63) is 130 Å². The molecule has 0 aromatic heterocycles. The van der Waals surface area contributed by atoms with Crippen molar-refractivity contribution in [2.45, 2.75) is 44.2 Å². The summed E-state index contributed by atoms with van der Waals surface area (Å²) < 4.78 is 29.3. The summed E-state index contributed by atoms with van der Waals surface area (Å²) in [6.07, 6.45) is 0.924. The summed E-state index contributed by atoms with van der Waals surface area (Å²) in [6, 6.07) is 28.3. The first-order valence-electron chi connectivity index (χ1n) is 14.3. The topological polar surface area (TPSA) is 86.8 Å². The van der Waals surface area contributed by atoms with Crippen molar-refractivity contribution < 1.29 is 18.0 Å². The number of carbonyl (C=O) groups is 2. The fourth-order valence-electron chi connectivity index (χ4n) is 4.83. The second-order valence-corrected chi connectivity index (χ2v) is 13.0. The minimum atomic E-state index is -4.22. The second-order valence-electron chi connectivity index (χ2n) is 10.3. The Balaban J connectivity index is 1.83. The predicted molar refractivity (Wildman–Crippen MR) is 176 cm³/mol. The molecule has 44 heavy (non-hydrogen) atoms. The van der Waals surface area contributed by atoms with E-state index >= 15 is 0 Å². The van der Waals surface area contributed by atoms with Gasteiger partial charge >= 0.3 is 0 Å². The minimum Gasteiger partial charge on any atom is -0.354 e. The largest absolute Gasteiger partial charge is 0.354 e. The van der Waals surface area contributed by atoms with Gasteiger partial charge in [-0.2, -0.15) is 0 Å². The number of amides is 2. The van der Waals surface area contributed by atoms with Crippen LogP contribution in [0.25, 0.3) is 0 Å². The summed E-state index contributed by atoms with van der Waals surface area (Å²) in [6.45, 7) is 3.49. The molecule has 1 atom stereocenters. The van der Waals surface area contributed by atoms with Crippen molar-refractivity contribution in [2.24, 2.45) is 0 Å². The molecule has 2 amide bonds. The van der Waals surface area contributed by atoms with Gasteiger partial charge in [-0.1, -0.05) is 103 Å². The standard InChI is InChI=1S/C34H35Cl2N3O4S/c1-3-21-37-34(41)32(22-26-13-6-4-7-14-26)38(23-27-15-10-11-18-30(27)36)33(40)24-39(31-20-12-19-29(35)25(31)2)44(42,43)28-16-8-5-9-17-28/h4-20,32H,3,21-24H2,1-2H3,(H,37,41)/t32-/m0/s1. The van der Waals surface area contributed by atoms with E-state index in [4.69, 9.17) is 23.2 Å². The molecule has 4 rings (SSSR count). The van der Waals surface area contributed by atoms with Gasteiger partial charge in [0.25, 0.3) is 10.0 Å². The van der Waals surface area contributed by atoms with Crippen molar-refractivity contribution in [2.75, 3.05) is 17.4 Å². The number of anilines is 1. The van der Waals surface area contributed by atoms with Gasteiger partial charge in [0.05, 0.1) is 10.6 Å². The Morgan fingerprint density at radius 3 is 2.09 bits per heavy atom. The summed E-state index contributed by atoms with van der Waals surface area (Å²) in [5.41, 5.74) is 2.24. The Morgan fingerprint density at radius 1 is 0.818 bits per heavy atom. The summed E-state index contributed by atoms with van der Waals surface area (Å²) in [4.78, 5) is 29.6. The normalized spacial score (nSPS) is 11.9. The highest BCUT2D eigenvalue weighted by Crippen LogP contribution is 2.31. The Kier molecular flexibility index (Phi) is 11.4. The van der Waals surface area contributed by atoms with Crippen molar-refractivity contribution in [1.82, 2.24) is 10.2 Å². The number of sulfonamides is 1. The molecule has 4 aromatic rings. The van der Waals surface area contributed by atoms with Crippen molar-refractivity contribution in [1.29, 1.82) is 0 Å². The van der Waals surface area contributed by atoms with Crippen LogP contribution in [0, 0.1) is 6.92 Å². The maximum absolute atomic E-state index is 14.5. The van der Waals surface area contributed by atoms with Gasteiger partial charge in [-0.3, -0.25) is 13.9 Å². The zero-order chi connectivity index (χ0) is 31.7. The van der Waals surface area contributed by atoms with Gasteiger partial charge in [-0.05, 0) is 60.4 Å². The number of halogens is 2. The van der Waals surface area contributed by atoms with Crippen LogP contribution in [-0.2, 0) is 32.6 Å². The molecule has 10 heteroatoms. The third kappa shape index (κ3) is 8.00. The Morgan fingerprint density at radius 2 is 1.43 bits per heavy atom. The minimum absolute atomic E-state index is 0.0106. The summed E-state index contributed by atoms with van der Waals surface area (Å²) in [5.74, 6) is -0.913. The zero-order valence-electron chi connectivity index (χ0n) is 24.6. The number of carbonyl (C=O) groups excluding carboxylic acids is 2. The van der Waals surface area contributed by atoms with E-state index in [0.717, 1.165) is 9.87 Å². The SMILES string of the molecule is CCCNC(=O)[C@H](Cc1ccccc1)N(Cc1ccccc1Cl)C(=O)CN(c1cccc(Cl)c1C)S(=O)(=O)c1ccccc1. The van der Waals surface area contributed by atoms with Gasteiger partial charge in [-0.25, -0.2) is 8.42 Å². The highest BCUT2D eigenvalue weighted by atomic mass is 35.5. The molecule has 0 bridgehead atoms. The average molecular weight is 653 g/mol. The van der Waals surface area contributed by atoms with E-state index in [9.17, 15) is 18.0 Å². The van der Waals surface area contributed by atoms with Gasteiger partial charge in [0.1, 0.15) is 12.6 Å². The first kappa shape index (κ1) is 33.1. The van der Waals surface area contributed by atoms with Crippen LogP contribution < -0.4 is 9.62 Å². The number of rotatable bonds is 13. The van der Waals surface area contributed by atoms with Crippen molar-refractivity contribution in [3.63, 3.8) is 0 Å². The van der Waals surface area contributed by atoms with Crippen LogP contribution in [0.4, 0.5) is 5.69 Å². The molecule has 0 saturated heterocycles. The molecule has 0 unspecified atom stereocenters. The smallest absolute Gasteiger partial charge is 0.264 e. The third-order valence-electron chi connectivity index (χ3n) is 7.24. The molecule has 230 valence electrons. The van der Waals surface area contributed by atoms with E-state index in [-0.39, 0.29) is 29.5 Å². The second kappa shape index (κ2) is 15.2. The van der Waals surface area contributed by atoms with Crippen LogP contribution in [0.1, 0.15) is 30.0 Å². The monoisotopic (exact) mass is 651 g/mol. The van der Waals surface area contributed by atoms with Gasteiger partial charge < -0.3 is 10.2 Å². The Hall–Kier alpha value is -3.85. The van der Waals surface area contributed by atoms with Crippen molar-refractivity contribution >= 4 is 50.7 Å². The van der Waals surface area contributed by atoms with Crippen LogP contribution in [-0.4, -0.2) is 44.3 Å².